The first kappa shape index (κ1) is 40.1. The Morgan fingerprint density at radius 2 is 0.652 bits per heavy atom. The summed E-state index contributed by atoms with van der Waals surface area (Å²) in [4.78, 5) is 2.36. The molecule has 0 radical (unpaired) electrons. The van der Waals surface area contributed by atoms with Crippen molar-refractivity contribution in [2.45, 2.75) is 0 Å². The van der Waals surface area contributed by atoms with Crippen molar-refractivity contribution in [2.75, 3.05) is 4.90 Å². The van der Waals surface area contributed by atoms with Gasteiger partial charge < -0.3 is 13.9 Å². The summed E-state index contributed by atoms with van der Waals surface area (Å²) in [6, 6.07) is 96.1. The molecule has 69 heavy (non-hydrogen) atoms. The number of hydrogen-bond donors (Lipinski definition) is 0. The van der Waals surface area contributed by atoms with Gasteiger partial charge in [-0.2, -0.15) is 0 Å². The standard InChI is InChI=1S/C66H44N2O/c1-2-12-45(13-3-1)46-24-28-49(29-25-46)52-14-10-16-57(42-52)67(55-37-32-48(33-38-55)47-26-30-50(31-27-47)54-36-41-62-61-20-6-9-23-65(61)69-66(62)44-54)56-39-34-51(35-40-56)53-15-11-17-58(43-53)68-63-21-7-4-18-59(63)60-19-5-8-22-64(60)68/h1-44H. The summed E-state index contributed by atoms with van der Waals surface area (Å²) in [7, 11) is 0. The van der Waals surface area contributed by atoms with E-state index in [4.69, 9.17) is 4.42 Å². The maximum atomic E-state index is 6.21. The second-order valence-corrected chi connectivity index (χ2v) is 17.7. The van der Waals surface area contributed by atoms with Crippen LogP contribution in [-0.4, -0.2) is 4.57 Å². The van der Waals surface area contributed by atoms with Crippen LogP contribution in [-0.2, 0) is 0 Å². The average molecular weight is 881 g/mol. The van der Waals surface area contributed by atoms with Gasteiger partial charge in [-0.1, -0.05) is 188 Å². The SMILES string of the molecule is c1ccc(-c2ccc(-c3cccc(N(c4ccc(-c5ccc(-c6ccc7c(c6)oc6ccccc67)cc5)cc4)c4ccc(-c5cccc(-n6c7ccccc7c7ccccc76)c5)cc4)c3)cc2)cc1. The molecule has 0 bridgehead atoms. The molecule has 0 aliphatic heterocycles. The van der Waals surface area contributed by atoms with E-state index >= 15 is 0 Å². The molecule has 0 saturated carbocycles. The number of para-hydroxylation sites is 3. The van der Waals surface area contributed by atoms with Gasteiger partial charge in [0.05, 0.1) is 11.0 Å². The van der Waals surface area contributed by atoms with Crippen LogP contribution in [0.5, 0.6) is 0 Å². The van der Waals surface area contributed by atoms with Gasteiger partial charge in [0.25, 0.3) is 0 Å². The predicted octanol–water partition coefficient (Wildman–Crippen LogP) is 18.5. The van der Waals surface area contributed by atoms with Gasteiger partial charge in [0, 0.05) is 44.3 Å². The van der Waals surface area contributed by atoms with Gasteiger partial charge in [0.15, 0.2) is 0 Å². The van der Waals surface area contributed by atoms with Crippen molar-refractivity contribution in [3.63, 3.8) is 0 Å². The first-order valence-corrected chi connectivity index (χ1v) is 23.6. The van der Waals surface area contributed by atoms with Crippen molar-refractivity contribution < 1.29 is 4.42 Å². The summed E-state index contributed by atoms with van der Waals surface area (Å²) in [5, 5.41) is 4.81. The number of fused-ring (bicyclic) bond motifs is 6. The average Bonchev–Trinajstić information content (AvgIpc) is 3.97. The molecule has 0 fully saturated rings. The maximum Gasteiger partial charge on any atom is 0.136 e. The van der Waals surface area contributed by atoms with Crippen LogP contribution in [0.2, 0.25) is 0 Å². The lowest BCUT2D eigenvalue weighted by Gasteiger charge is -2.26. The fourth-order valence-corrected chi connectivity index (χ4v) is 10.1. The minimum Gasteiger partial charge on any atom is -0.456 e. The highest BCUT2D eigenvalue weighted by Crippen LogP contribution is 2.40. The van der Waals surface area contributed by atoms with E-state index in [1.165, 1.54) is 44.1 Å². The van der Waals surface area contributed by atoms with Crippen LogP contribution in [0.3, 0.4) is 0 Å². The Kier molecular flexibility index (Phi) is 9.84. The molecule has 0 N–H and O–H groups in total. The molecule has 0 aliphatic rings. The second kappa shape index (κ2) is 16.9. The molecular weight excluding hydrogens is 837 g/mol. The van der Waals surface area contributed by atoms with Gasteiger partial charge in [-0.15, -0.1) is 0 Å². The third kappa shape index (κ3) is 7.34. The summed E-state index contributed by atoms with van der Waals surface area (Å²) >= 11 is 0. The molecule has 324 valence electrons. The molecular formula is C66H44N2O. The topological polar surface area (TPSA) is 21.3 Å². The normalized spacial score (nSPS) is 11.5. The first-order chi connectivity index (χ1) is 34.2. The molecule has 2 aromatic heterocycles. The van der Waals surface area contributed by atoms with Crippen LogP contribution in [0.25, 0.3) is 105 Å². The van der Waals surface area contributed by atoms with E-state index in [9.17, 15) is 0 Å². The van der Waals surface area contributed by atoms with Crippen molar-refractivity contribution in [3.8, 4) is 61.3 Å². The van der Waals surface area contributed by atoms with Crippen LogP contribution in [0.4, 0.5) is 17.1 Å². The Hall–Kier alpha value is -9.18. The lowest BCUT2D eigenvalue weighted by Crippen LogP contribution is -2.10. The van der Waals surface area contributed by atoms with Crippen molar-refractivity contribution >= 4 is 60.8 Å². The molecule has 13 aromatic rings. The predicted molar refractivity (Wildman–Crippen MR) is 290 cm³/mol. The zero-order chi connectivity index (χ0) is 45.7. The Morgan fingerprint density at radius 1 is 0.246 bits per heavy atom. The third-order valence-corrected chi connectivity index (χ3v) is 13.6. The number of rotatable bonds is 9. The molecule has 13 rings (SSSR count). The van der Waals surface area contributed by atoms with Gasteiger partial charge in [0.2, 0.25) is 0 Å². The van der Waals surface area contributed by atoms with E-state index in [-0.39, 0.29) is 0 Å². The maximum absolute atomic E-state index is 6.21. The minimum atomic E-state index is 0.906. The molecule has 0 unspecified atom stereocenters. The highest BCUT2D eigenvalue weighted by molar-refractivity contribution is 6.09. The number of anilines is 3. The number of benzene rings is 11. The number of furan rings is 1. The van der Waals surface area contributed by atoms with Crippen LogP contribution in [0.1, 0.15) is 0 Å². The summed E-state index contributed by atoms with van der Waals surface area (Å²) < 4.78 is 8.59. The molecule has 0 amide bonds. The lowest BCUT2D eigenvalue weighted by atomic mass is 9.98. The van der Waals surface area contributed by atoms with Gasteiger partial charge in [-0.05, 0) is 134 Å². The Balaban J connectivity index is 0.838. The molecule has 0 spiro atoms. The van der Waals surface area contributed by atoms with E-state index in [0.29, 0.717) is 0 Å². The summed E-state index contributed by atoms with van der Waals surface area (Å²) in [6.45, 7) is 0. The van der Waals surface area contributed by atoms with Gasteiger partial charge >= 0.3 is 0 Å². The highest BCUT2D eigenvalue weighted by Gasteiger charge is 2.17. The van der Waals surface area contributed by atoms with Gasteiger partial charge in [-0.3, -0.25) is 0 Å². The molecule has 0 aliphatic carbocycles. The summed E-state index contributed by atoms with van der Waals surface area (Å²) in [5.41, 5.74) is 20.3. The monoisotopic (exact) mass is 880 g/mol. The fraction of sp³-hybridized carbons (Fsp3) is 0. The van der Waals surface area contributed by atoms with Crippen molar-refractivity contribution in [1.29, 1.82) is 0 Å². The van der Waals surface area contributed by atoms with Crippen molar-refractivity contribution in [3.05, 3.63) is 267 Å². The first-order valence-electron chi connectivity index (χ1n) is 23.6. The summed E-state index contributed by atoms with van der Waals surface area (Å²) in [6.07, 6.45) is 0. The molecule has 2 heterocycles. The van der Waals surface area contributed by atoms with Crippen LogP contribution >= 0.6 is 0 Å². The van der Waals surface area contributed by atoms with E-state index < -0.39 is 0 Å². The largest absolute Gasteiger partial charge is 0.456 e. The van der Waals surface area contributed by atoms with Gasteiger partial charge in [-0.25, -0.2) is 0 Å². The van der Waals surface area contributed by atoms with Crippen LogP contribution in [0, 0.1) is 0 Å². The molecule has 3 nitrogen and oxygen atoms in total. The molecule has 3 heteroatoms. The van der Waals surface area contributed by atoms with Crippen LogP contribution < -0.4 is 4.90 Å². The number of hydrogen-bond acceptors (Lipinski definition) is 2. The van der Waals surface area contributed by atoms with E-state index in [2.05, 4.69) is 264 Å². The number of aromatic nitrogens is 1. The Bertz CT molecular complexity index is 3920. The Labute approximate surface area is 401 Å². The van der Waals surface area contributed by atoms with Gasteiger partial charge in [0.1, 0.15) is 11.2 Å². The van der Waals surface area contributed by atoms with E-state index in [1.54, 1.807) is 0 Å². The van der Waals surface area contributed by atoms with Crippen molar-refractivity contribution in [1.82, 2.24) is 4.57 Å². The van der Waals surface area contributed by atoms with Crippen molar-refractivity contribution in [2.24, 2.45) is 0 Å². The zero-order valence-electron chi connectivity index (χ0n) is 37.7. The molecule has 0 saturated heterocycles. The smallest absolute Gasteiger partial charge is 0.136 e. The molecule has 0 atom stereocenters. The van der Waals surface area contributed by atoms with E-state index in [0.717, 1.165) is 78.1 Å². The fourth-order valence-electron chi connectivity index (χ4n) is 10.1. The third-order valence-electron chi connectivity index (χ3n) is 13.6. The second-order valence-electron chi connectivity index (χ2n) is 17.7. The minimum absolute atomic E-state index is 0.906. The lowest BCUT2D eigenvalue weighted by molar-refractivity contribution is 0.669. The highest BCUT2D eigenvalue weighted by atomic mass is 16.3. The quantitative estimate of drug-likeness (QED) is 0.144. The van der Waals surface area contributed by atoms with Crippen LogP contribution in [0.15, 0.2) is 271 Å². The molecule has 11 aromatic carbocycles. The summed E-state index contributed by atoms with van der Waals surface area (Å²) in [5.74, 6) is 0. The Morgan fingerprint density at radius 3 is 1.25 bits per heavy atom. The number of nitrogens with zero attached hydrogens (tertiary/aromatic N) is 2. The van der Waals surface area contributed by atoms with E-state index in [1.807, 2.05) is 12.1 Å². The zero-order valence-corrected chi connectivity index (χ0v) is 37.7.